The maximum atomic E-state index is 13.6. The normalized spacial score (nSPS) is 14.8. The molecule has 1 aliphatic rings. The summed E-state index contributed by atoms with van der Waals surface area (Å²) < 4.78 is 39.0. The highest BCUT2D eigenvalue weighted by atomic mass is 32.2. The lowest BCUT2D eigenvalue weighted by atomic mass is 10.2. The number of hydrogen-bond acceptors (Lipinski definition) is 6. The third kappa shape index (κ3) is 8.40. The number of ether oxygens (including phenoxy) is 1. The Morgan fingerprint density at radius 1 is 0.919 bits per heavy atom. The quantitative estimate of drug-likeness (QED) is 0.362. The summed E-state index contributed by atoms with van der Waals surface area (Å²) in [6.07, 6.45) is 3.13. The minimum absolute atomic E-state index is 0.202. The van der Waals surface area contributed by atoms with Gasteiger partial charge in [-0.2, -0.15) is 4.31 Å². The summed E-state index contributed by atoms with van der Waals surface area (Å²) in [5.74, 6) is 0.342. The van der Waals surface area contributed by atoms with E-state index in [1.165, 1.54) is 9.71 Å². The van der Waals surface area contributed by atoms with Crippen LogP contribution in [0, 0.1) is 0 Å². The summed E-state index contributed by atoms with van der Waals surface area (Å²) in [5, 5.41) is 1.18. The fraction of sp³-hybridized carbons (Fsp3) is 0.321. The molecule has 1 saturated heterocycles. The number of nitrogens with zero attached hydrogens (tertiary/aromatic N) is 3. The van der Waals surface area contributed by atoms with Crippen molar-refractivity contribution < 1.29 is 22.4 Å². The van der Waals surface area contributed by atoms with Crippen LogP contribution in [0.3, 0.4) is 0 Å². The minimum atomic E-state index is -3.86. The van der Waals surface area contributed by atoms with Crippen molar-refractivity contribution in [3.8, 4) is 0 Å². The van der Waals surface area contributed by atoms with Gasteiger partial charge in [-0.3, -0.25) is 9.69 Å². The molecule has 4 rings (SSSR count). The molecule has 8 nitrogen and oxygen atoms in total. The van der Waals surface area contributed by atoms with Crippen molar-refractivity contribution in [3.05, 3.63) is 101 Å². The Morgan fingerprint density at radius 2 is 1.62 bits per heavy atom. The molecule has 0 radical (unpaired) electrons. The predicted molar refractivity (Wildman–Crippen MR) is 143 cm³/mol. The average Bonchev–Trinajstić information content (AvgIpc) is 3.44. The average molecular weight is 524 g/mol. The monoisotopic (exact) mass is 523 g/mol. The van der Waals surface area contributed by atoms with E-state index >= 15 is 0 Å². The number of benzene rings is 2. The molecule has 0 atom stereocenters. The molecule has 9 heteroatoms. The smallest absolute Gasteiger partial charge is 0.238 e. The van der Waals surface area contributed by atoms with Gasteiger partial charge < -0.3 is 14.1 Å². The zero-order chi connectivity index (χ0) is 25.9. The van der Waals surface area contributed by atoms with Crippen molar-refractivity contribution >= 4 is 22.0 Å². The van der Waals surface area contributed by atoms with Crippen molar-refractivity contribution in [2.24, 2.45) is 0 Å². The fourth-order valence-corrected chi connectivity index (χ4v) is 5.19. The maximum Gasteiger partial charge on any atom is 0.238 e. The van der Waals surface area contributed by atoms with Gasteiger partial charge in [0, 0.05) is 38.1 Å². The van der Waals surface area contributed by atoms with Crippen molar-refractivity contribution in [1.29, 1.82) is 0 Å². The summed E-state index contributed by atoms with van der Waals surface area (Å²) in [6.45, 7) is 3.76. The first-order chi connectivity index (χ1) is 18.0. The van der Waals surface area contributed by atoms with Crippen LogP contribution >= 0.6 is 0 Å². The number of hydrogen-bond donors (Lipinski definition) is 0. The van der Waals surface area contributed by atoms with Gasteiger partial charge in [0.05, 0.1) is 32.6 Å². The Kier molecular flexibility index (Phi) is 9.67. The Bertz CT molecular complexity index is 1230. The highest BCUT2D eigenvalue weighted by Gasteiger charge is 2.27. The highest BCUT2D eigenvalue weighted by molar-refractivity contribution is 7.92. The summed E-state index contributed by atoms with van der Waals surface area (Å²) in [6, 6.07) is 22.5. The Balaban J connectivity index is 1.53. The Morgan fingerprint density at radius 3 is 2.30 bits per heavy atom. The van der Waals surface area contributed by atoms with Crippen LogP contribution in [0.5, 0.6) is 0 Å². The van der Waals surface area contributed by atoms with Gasteiger partial charge in [0.15, 0.2) is 0 Å². The molecule has 1 amide bonds. The van der Waals surface area contributed by atoms with E-state index in [0.717, 1.165) is 24.2 Å². The van der Waals surface area contributed by atoms with E-state index < -0.39 is 10.0 Å². The van der Waals surface area contributed by atoms with Crippen LogP contribution in [-0.2, 0) is 32.6 Å². The van der Waals surface area contributed by atoms with Gasteiger partial charge in [-0.25, -0.2) is 8.42 Å². The van der Waals surface area contributed by atoms with Crippen molar-refractivity contribution in [2.45, 2.75) is 13.1 Å². The molecule has 1 aliphatic heterocycles. The molecule has 0 aliphatic carbocycles. The van der Waals surface area contributed by atoms with Crippen LogP contribution in [0.2, 0.25) is 0 Å². The second kappa shape index (κ2) is 13.3. The molecule has 0 bridgehead atoms. The lowest BCUT2D eigenvalue weighted by molar-refractivity contribution is -0.133. The first-order valence-corrected chi connectivity index (χ1v) is 13.9. The molecular weight excluding hydrogens is 490 g/mol. The lowest BCUT2D eigenvalue weighted by Crippen LogP contribution is -2.46. The number of amides is 1. The molecule has 196 valence electrons. The molecule has 0 saturated carbocycles. The second-order valence-electron chi connectivity index (χ2n) is 8.86. The number of carbonyl (C=O) groups is 1. The van der Waals surface area contributed by atoms with Crippen LogP contribution < -0.4 is 0 Å². The maximum absolute atomic E-state index is 13.6. The standard InChI is InChI=1S/C28H33N3O5S/c32-28(30(23-27-12-7-18-36-27)22-26-10-5-2-6-11-26)24-31(15-14-29-16-19-35-20-17-29)37(33,34)21-13-25-8-3-1-4-9-25/h1-13,18,21H,14-17,19-20,22-24H2/b21-13+. The molecule has 1 aromatic heterocycles. The second-order valence-corrected chi connectivity index (χ2v) is 10.7. The van der Waals surface area contributed by atoms with Crippen LogP contribution in [0.1, 0.15) is 16.9 Å². The van der Waals surface area contributed by atoms with Crippen LogP contribution in [0.15, 0.2) is 88.9 Å². The van der Waals surface area contributed by atoms with Crippen LogP contribution in [0.25, 0.3) is 6.08 Å². The third-order valence-electron chi connectivity index (χ3n) is 6.17. The van der Waals surface area contributed by atoms with Gasteiger partial charge in [0.25, 0.3) is 0 Å². The van der Waals surface area contributed by atoms with E-state index in [0.29, 0.717) is 32.1 Å². The summed E-state index contributed by atoms with van der Waals surface area (Å²) in [5.41, 5.74) is 1.73. The number of sulfonamides is 1. The zero-order valence-electron chi connectivity index (χ0n) is 20.8. The minimum Gasteiger partial charge on any atom is -0.467 e. The Hall–Kier alpha value is -3.24. The highest BCUT2D eigenvalue weighted by Crippen LogP contribution is 2.14. The molecular formula is C28H33N3O5S. The first-order valence-electron chi connectivity index (χ1n) is 12.4. The first kappa shape index (κ1) is 26.8. The van der Waals surface area contributed by atoms with Gasteiger partial charge in [0.1, 0.15) is 5.76 Å². The van der Waals surface area contributed by atoms with E-state index in [9.17, 15) is 13.2 Å². The zero-order valence-corrected chi connectivity index (χ0v) is 21.6. The molecule has 3 aromatic rings. The summed E-state index contributed by atoms with van der Waals surface area (Å²) >= 11 is 0. The van der Waals surface area contributed by atoms with Gasteiger partial charge in [-0.1, -0.05) is 60.7 Å². The number of furan rings is 1. The summed E-state index contributed by atoms with van der Waals surface area (Å²) in [7, 11) is -3.86. The molecule has 2 aromatic carbocycles. The third-order valence-corrected chi connectivity index (χ3v) is 7.68. The molecule has 37 heavy (non-hydrogen) atoms. The molecule has 0 unspecified atom stereocenters. The van der Waals surface area contributed by atoms with Crippen LogP contribution in [0.4, 0.5) is 0 Å². The number of rotatable bonds is 12. The van der Waals surface area contributed by atoms with Crippen molar-refractivity contribution in [1.82, 2.24) is 14.1 Å². The van der Waals surface area contributed by atoms with Gasteiger partial charge in [-0.15, -0.1) is 0 Å². The van der Waals surface area contributed by atoms with Gasteiger partial charge >= 0.3 is 0 Å². The number of carbonyl (C=O) groups excluding carboxylic acids is 1. The number of morpholine rings is 1. The largest absolute Gasteiger partial charge is 0.467 e. The van der Waals surface area contributed by atoms with E-state index in [4.69, 9.17) is 9.15 Å². The van der Waals surface area contributed by atoms with Gasteiger partial charge in [-0.05, 0) is 29.3 Å². The topological polar surface area (TPSA) is 83.3 Å². The van der Waals surface area contributed by atoms with Gasteiger partial charge in [0.2, 0.25) is 15.9 Å². The van der Waals surface area contributed by atoms with E-state index in [-0.39, 0.29) is 25.5 Å². The summed E-state index contributed by atoms with van der Waals surface area (Å²) in [4.78, 5) is 17.4. The molecule has 0 spiro atoms. The van der Waals surface area contributed by atoms with Crippen molar-refractivity contribution in [3.63, 3.8) is 0 Å². The van der Waals surface area contributed by atoms with Crippen molar-refractivity contribution in [2.75, 3.05) is 45.9 Å². The SMILES string of the molecule is O=C(CN(CCN1CCOCC1)S(=O)(=O)/C=C/c1ccccc1)N(Cc1ccccc1)Cc1ccco1. The van der Waals surface area contributed by atoms with E-state index in [1.54, 1.807) is 29.4 Å². The lowest BCUT2D eigenvalue weighted by Gasteiger charge is -2.30. The fourth-order valence-electron chi connectivity index (χ4n) is 4.07. The van der Waals surface area contributed by atoms with E-state index in [1.807, 2.05) is 60.7 Å². The molecule has 0 N–H and O–H groups in total. The van der Waals surface area contributed by atoms with Crippen LogP contribution in [-0.4, -0.2) is 74.4 Å². The Labute approximate surface area is 218 Å². The molecule has 2 heterocycles. The molecule has 1 fully saturated rings. The predicted octanol–water partition coefficient (Wildman–Crippen LogP) is 3.44. The van der Waals surface area contributed by atoms with E-state index in [2.05, 4.69) is 4.90 Å².